The molecule has 0 radical (unpaired) electrons. The number of benzene rings is 3. The van der Waals surface area contributed by atoms with E-state index in [1.165, 1.54) is 11.3 Å². The van der Waals surface area contributed by atoms with E-state index in [0.717, 1.165) is 77.8 Å². The van der Waals surface area contributed by atoms with Crippen LogP contribution in [-0.4, -0.2) is 52.2 Å². The Bertz CT molecular complexity index is 1640. The molecule has 0 amide bonds. The zero-order valence-electron chi connectivity index (χ0n) is 21.0. The number of piperazine rings is 1. The first-order chi connectivity index (χ1) is 18.6. The molecule has 1 fully saturated rings. The van der Waals surface area contributed by atoms with E-state index in [0.29, 0.717) is 11.8 Å². The van der Waals surface area contributed by atoms with E-state index in [1.54, 1.807) is 0 Å². The van der Waals surface area contributed by atoms with Gasteiger partial charge in [0.25, 0.3) is 0 Å². The SMILES string of the molecule is Cc1cccc(Cl)c1Nc1nc2cc(N3CCN(Cc4ccc5c(c4)OCO5)CC3)ccc2n2cncc12. The highest BCUT2D eigenvalue weighted by Crippen LogP contribution is 2.34. The summed E-state index contributed by atoms with van der Waals surface area (Å²) in [6, 6.07) is 18.6. The molecule has 0 saturated carbocycles. The summed E-state index contributed by atoms with van der Waals surface area (Å²) in [7, 11) is 0. The number of anilines is 3. The highest BCUT2D eigenvalue weighted by atomic mass is 35.5. The Labute approximate surface area is 225 Å². The Morgan fingerprint density at radius 1 is 0.947 bits per heavy atom. The lowest BCUT2D eigenvalue weighted by atomic mass is 10.1. The van der Waals surface area contributed by atoms with E-state index in [9.17, 15) is 0 Å². The number of ether oxygens (including phenoxy) is 2. The van der Waals surface area contributed by atoms with Gasteiger partial charge < -0.3 is 19.7 Å². The predicted octanol–water partition coefficient (Wildman–Crippen LogP) is 5.64. The van der Waals surface area contributed by atoms with Gasteiger partial charge in [-0.1, -0.05) is 29.8 Å². The summed E-state index contributed by atoms with van der Waals surface area (Å²) in [5.74, 6) is 2.41. The van der Waals surface area contributed by atoms with Crippen LogP contribution >= 0.6 is 11.6 Å². The van der Waals surface area contributed by atoms with Crippen LogP contribution in [0.4, 0.5) is 17.2 Å². The van der Waals surface area contributed by atoms with Crippen molar-refractivity contribution in [2.45, 2.75) is 13.5 Å². The number of hydrogen-bond donors (Lipinski definition) is 1. The largest absolute Gasteiger partial charge is 0.454 e. The molecule has 8 nitrogen and oxygen atoms in total. The Balaban J connectivity index is 1.12. The van der Waals surface area contributed by atoms with Gasteiger partial charge in [0.15, 0.2) is 17.3 Å². The van der Waals surface area contributed by atoms with Crippen molar-refractivity contribution in [1.29, 1.82) is 0 Å². The number of fused-ring (bicyclic) bond motifs is 4. The van der Waals surface area contributed by atoms with E-state index in [-0.39, 0.29) is 0 Å². The van der Waals surface area contributed by atoms with Crippen LogP contribution in [0.15, 0.2) is 67.1 Å². The van der Waals surface area contributed by atoms with E-state index in [2.05, 4.69) is 54.8 Å². The topological polar surface area (TPSA) is 67.2 Å². The Morgan fingerprint density at radius 3 is 2.68 bits per heavy atom. The van der Waals surface area contributed by atoms with Crippen molar-refractivity contribution in [1.82, 2.24) is 19.3 Å². The molecule has 0 atom stereocenters. The minimum atomic E-state index is 0.307. The molecule has 0 unspecified atom stereocenters. The molecule has 2 aliphatic heterocycles. The first-order valence-corrected chi connectivity index (χ1v) is 13.1. The van der Waals surface area contributed by atoms with Gasteiger partial charge in [-0.25, -0.2) is 9.97 Å². The van der Waals surface area contributed by atoms with Crippen molar-refractivity contribution in [2.24, 2.45) is 0 Å². The standard InChI is InChI=1S/C29H27ClN6O2/c1-19-3-2-4-22(30)28(19)33-29-25-15-31-17-36(25)24-7-6-21(14-23(24)32-29)35-11-9-34(10-12-35)16-20-5-8-26-27(13-20)38-18-37-26/h2-8,13-15,17H,9-12,16,18H2,1H3,(H,32,33). The predicted molar refractivity (Wildman–Crippen MR) is 150 cm³/mol. The summed E-state index contributed by atoms with van der Waals surface area (Å²) in [4.78, 5) is 14.3. The number of halogens is 1. The molecule has 38 heavy (non-hydrogen) atoms. The van der Waals surface area contributed by atoms with Crippen LogP contribution in [0.25, 0.3) is 16.6 Å². The molecule has 4 heterocycles. The van der Waals surface area contributed by atoms with Crippen molar-refractivity contribution in [3.8, 4) is 11.5 Å². The zero-order chi connectivity index (χ0) is 25.6. The maximum absolute atomic E-state index is 6.50. The summed E-state index contributed by atoms with van der Waals surface area (Å²) in [5, 5.41) is 4.13. The average Bonchev–Trinajstić information content (AvgIpc) is 3.61. The summed E-state index contributed by atoms with van der Waals surface area (Å²) >= 11 is 6.50. The number of para-hydroxylation sites is 1. The van der Waals surface area contributed by atoms with E-state index in [4.69, 9.17) is 26.1 Å². The van der Waals surface area contributed by atoms with Gasteiger partial charge in [-0.2, -0.15) is 0 Å². The first-order valence-electron chi connectivity index (χ1n) is 12.8. The molecule has 2 aliphatic rings. The molecular weight excluding hydrogens is 500 g/mol. The van der Waals surface area contributed by atoms with Crippen molar-refractivity contribution in [3.05, 3.63) is 83.3 Å². The lowest BCUT2D eigenvalue weighted by Crippen LogP contribution is -2.45. The van der Waals surface area contributed by atoms with Gasteiger partial charge in [0.1, 0.15) is 5.52 Å². The lowest BCUT2D eigenvalue weighted by molar-refractivity contribution is 0.174. The van der Waals surface area contributed by atoms with E-state index >= 15 is 0 Å². The molecule has 192 valence electrons. The van der Waals surface area contributed by atoms with Crippen LogP contribution in [-0.2, 0) is 6.54 Å². The van der Waals surface area contributed by atoms with Crippen molar-refractivity contribution < 1.29 is 9.47 Å². The molecule has 9 heteroatoms. The van der Waals surface area contributed by atoms with E-state index in [1.807, 2.05) is 43.7 Å². The number of imidazole rings is 1. The number of aromatic nitrogens is 3. The molecule has 5 aromatic rings. The summed E-state index contributed by atoms with van der Waals surface area (Å²) in [6.45, 7) is 7.12. The molecule has 3 aromatic carbocycles. The Hall–Kier alpha value is -4.01. The number of hydrogen-bond acceptors (Lipinski definition) is 7. The van der Waals surface area contributed by atoms with Crippen LogP contribution < -0.4 is 19.7 Å². The van der Waals surface area contributed by atoms with Gasteiger partial charge in [0.2, 0.25) is 6.79 Å². The summed E-state index contributed by atoms with van der Waals surface area (Å²) in [6.07, 6.45) is 3.66. The quantitative estimate of drug-likeness (QED) is 0.318. The van der Waals surface area contributed by atoms with Crippen molar-refractivity contribution in [2.75, 3.05) is 43.2 Å². The Kier molecular flexibility index (Phi) is 5.71. The van der Waals surface area contributed by atoms with Gasteiger partial charge in [0.05, 0.1) is 34.3 Å². The first kappa shape index (κ1) is 23.1. The fourth-order valence-electron chi connectivity index (χ4n) is 5.30. The molecule has 2 aromatic heterocycles. The van der Waals surface area contributed by atoms with Gasteiger partial charge in [-0.3, -0.25) is 9.30 Å². The van der Waals surface area contributed by atoms with Crippen LogP contribution in [0.1, 0.15) is 11.1 Å². The minimum absolute atomic E-state index is 0.307. The number of rotatable bonds is 5. The van der Waals surface area contributed by atoms with Crippen molar-refractivity contribution in [3.63, 3.8) is 0 Å². The van der Waals surface area contributed by atoms with Crippen LogP contribution in [0.2, 0.25) is 5.02 Å². The lowest BCUT2D eigenvalue weighted by Gasteiger charge is -2.36. The molecule has 0 aliphatic carbocycles. The molecule has 1 N–H and O–H groups in total. The summed E-state index contributed by atoms with van der Waals surface area (Å²) < 4.78 is 13.1. The number of aryl methyl sites for hydroxylation is 1. The van der Waals surface area contributed by atoms with Gasteiger partial charge in [-0.05, 0) is 54.4 Å². The minimum Gasteiger partial charge on any atom is -0.454 e. The maximum Gasteiger partial charge on any atom is 0.231 e. The zero-order valence-corrected chi connectivity index (χ0v) is 21.8. The van der Waals surface area contributed by atoms with Crippen LogP contribution in [0.5, 0.6) is 11.5 Å². The molecule has 0 bridgehead atoms. The maximum atomic E-state index is 6.50. The number of nitrogens with zero attached hydrogens (tertiary/aromatic N) is 5. The Morgan fingerprint density at radius 2 is 1.82 bits per heavy atom. The van der Waals surface area contributed by atoms with Crippen LogP contribution in [0.3, 0.4) is 0 Å². The van der Waals surface area contributed by atoms with Gasteiger partial charge >= 0.3 is 0 Å². The third-order valence-corrected chi connectivity index (χ3v) is 7.69. The third kappa shape index (κ3) is 4.15. The molecule has 1 saturated heterocycles. The highest BCUT2D eigenvalue weighted by molar-refractivity contribution is 6.33. The summed E-state index contributed by atoms with van der Waals surface area (Å²) in [5.41, 5.74) is 7.17. The second-order valence-electron chi connectivity index (χ2n) is 9.79. The molecule has 7 rings (SSSR count). The fraction of sp³-hybridized carbons (Fsp3) is 0.241. The highest BCUT2D eigenvalue weighted by Gasteiger charge is 2.20. The number of nitrogens with one attached hydrogen (secondary N) is 1. The molecule has 0 spiro atoms. The monoisotopic (exact) mass is 526 g/mol. The second-order valence-corrected chi connectivity index (χ2v) is 10.2. The third-order valence-electron chi connectivity index (χ3n) is 7.38. The average molecular weight is 527 g/mol. The normalized spacial score (nSPS) is 15.5. The molecular formula is C29H27ClN6O2. The van der Waals surface area contributed by atoms with Gasteiger partial charge in [0, 0.05) is 38.4 Å². The smallest absolute Gasteiger partial charge is 0.231 e. The van der Waals surface area contributed by atoms with Crippen molar-refractivity contribution >= 4 is 45.3 Å². The van der Waals surface area contributed by atoms with Crippen LogP contribution in [0, 0.1) is 6.92 Å². The second kappa shape index (κ2) is 9.38. The fourth-order valence-corrected chi connectivity index (χ4v) is 5.57. The van der Waals surface area contributed by atoms with Gasteiger partial charge in [-0.15, -0.1) is 0 Å². The van der Waals surface area contributed by atoms with E-state index < -0.39 is 0 Å².